The Morgan fingerprint density at radius 1 is 0.542 bits per heavy atom. The first-order chi connectivity index (χ1) is 22.9. The van der Waals surface area contributed by atoms with Gasteiger partial charge >= 0.3 is 12.2 Å². The van der Waals surface area contributed by atoms with E-state index in [4.69, 9.17) is 18.9 Å². The zero-order chi connectivity index (χ0) is 35.1. The molecule has 262 valence electrons. The number of carbonyl (C=O) groups is 2. The Kier molecular flexibility index (Phi) is 15.3. The van der Waals surface area contributed by atoms with E-state index in [0.717, 1.165) is 51.4 Å². The van der Waals surface area contributed by atoms with Gasteiger partial charge in [-0.3, -0.25) is 10.6 Å². The second-order valence-corrected chi connectivity index (χ2v) is 12.2. The van der Waals surface area contributed by atoms with Crippen molar-refractivity contribution in [1.82, 2.24) is 0 Å². The predicted octanol–water partition coefficient (Wildman–Crippen LogP) is 11.4. The Bertz CT molecular complexity index is 1330. The summed E-state index contributed by atoms with van der Waals surface area (Å²) in [5.74, 6) is -8.94. The average molecular weight is 677 g/mol. The summed E-state index contributed by atoms with van der Waals surface area (Å²) in [6, 6.07) is 10.5. The van der Waals surface area contributed by atoms with E-state index in [1.54, 1.807) is 0 Å². The van der Waals surface area contributed by atoms with E-state index in [-0.39, 0.29) is 24.7 Å². The maximum absolute atomic E-state index is 14.9. The molecule has 3 aromatic rings. The molecular weight excluding hydrogens is 632 g/mol. The van der Waals surface area contributed by atoms with Crippen molar-refractivity contribution in [3.8, 4) is 23.0 Å². The lowest BCUT2D eigenvalue weighted by molar-refractivity contribution is 0.158. The summed E-state index contributed by atoms with van der Waals surface area (Å²) in [5, 5.41) is 5.03. The van der Waals surface area contributed by atoms with Crippen LogP contribution in [0.2, 0.25) is 0 Å². The second kappa shape index (κ2) is 19.4. The first-order valence-electron chi connectivity index (χ1n) is 16.2. The zero-order valence-electron chi connectivity index (χ0n) is 27.8. The Balaban J connectivity index is 1.52. The van der Waals surface area contributed by atoms with Crippen LogP contribution in [0.3, 0.4) is 0 Å². The van der Waals surface area contributed by atoms with Crippen LogP contribution in [0.25, 0.3) is 0 Å². The zero-order valence-corrected chi connectivity index (χ0v) is 27.8. The third-order valence-corrected chi connectivity index (χ3v) is 7.14. The highest BCUT2D eigenvalue weighted by Gasteiger charge is 2.29. The molecule has 2 amide bonds. The molecule has 0 saturated carbocycles. The molecule has 8 nitrogen and oxygen atoms in total. The Morgan fingerprint density at radius 3 is 1.19 bits per heavy atom. The molecule has 0 radical (unpaired) electrons. The van der Waals surface area contributed by atoms with Crippen LogP contribution < -0.4 is 20.1 Å². The van der Waals surface area contributed by atoms with E-state index in [0.29, 0.717) is 23.2 Å². The van der Waals surface area contributed by atoms with Gasteiger partial charge in [-0.15, -0.1) is 0 Å². The number of hydrogen-bond acceptors (Lipinski definition) is 6. The molecule has 0 spiro atoms. The molecule has 2 N–H and O–H groups in total. The van der Waals surface area contributed by atoms with Crippen LogP contribution in [0.1, 0.15) is 79.1 Å². The highest BCUT2D eigenvalue weighted by atomic mass is 19.2. The van der Waals surface area contributed by atoms with E-state index in [1.165, 1.54) is 48.5 Å². The van der Waals surface area contributed by atoms with Crippen LogP contribution in [-0.2, 0) is 9.47 Å². The molecule has 0 heterocycles. The molecule has 0 aliphatic carbocycles. The van der Waals surface area contributed by atoms with Crippen molar-refractivity contribution in [2.45, 2.75) is 79.1 Å². The maximum Gasteiger partial charge on any atom is 0.411 e. The van der Waals surface area contributed by atoms with Crippen LogP contribution in [0.5, 0.6) is 23.0 Å². The highest BCUT2D eigenvalue weighted by Crippen LogP contribution is 2.39. The fourth-order valence-electron chi connectivity index (χ4n) is 4.52. The van der Waals surface area contributed by atoms with Crippen molar-refractivity contribution >= 4 is 23.6 Å². The molecule has 0 bridgehead atoms. The number of benzene rings is 3. The molecule has 0 saturated heterocycles. The van der Waals surface area contributed by atoms with Gasteiger partial charge in [-0.1, -0.05) is 66.2 Å². The number of carbonyl (C=O) groups excluding carboxylic acids is 2. The topological polar surface area (TPSA) is 95.1 Å². The summed E-state index contributed by atoms with van der Waals surface area (Å²) >= 11 is 0. The van der Waals surface area contributed by atoms with Crippen molar-refractivity contribution in [1.29, 1.82) is 0 Å². The average Bonchev–Trinajstić information content (AvgIpc) is 3.05. The largest absolute Gasteiger partial charge is 0.451 e. The van der Waals surface area contributed by atoms with Crippen LogP contribution >= 0.6 is 0 Å². The minimum absolute atomic E-state index is 0.155. The SMILES string of the molecule is CC(C)CCCCCOC(=O)Nc1ccc(Oc2c(F)c(F)c(Oc3ccc(NC(=O)OCCCCCC(C)C)cc3)c(F)c2F)cc1. The third-order valence-electron chi connectivity index (χ3n) is 7.14. The minimum atomic E-state index is -1.81. The Morgan fingerprint density at radius 2 is 0.875 bits per heavy atom. The number of rotatable bonds is 18. The third kappa shape index (κ3) is 12.6. The first-order valence-corrected chi connectivity index (χ1v) is 16.2. The lowest BCUT2D eigenvalue weighted by Gasteiger charge is -2.14. The van der Waals surface area contributed by atoms with Gasteiger partial charge in [0.05, 0.1) is 13.2 Å². The van der Waals surface area contributed by atoms with E-state index in [2.05, 4.69) is 38.3 Å². The molecule has 0 aromatic heterocycles. The monoisotopic (exact) mass is 676 g/mol. The van der Waals surface area contributed by atoms with Gasteiger partial charge in [-0.2, -0.15) is 17.6 Å². The van der Waals surface area contributed by atoms with Gasteiger partial charge in [0.2, 0.25) is 34.8 Å². The lowest BCUT2D eigenvalue weighted by atomic mass is 10.1. The summed E-state index contributed by atoms with van der Waals surface area (Å²) in [6.45, 7) is 9.12. The summed E-state index contributed by atoms with van der Waals surface area (Å²) < 4.78 is 80.0. The molecule has 0 atom stereocenters. The second-order valence-electron chi connectivity index (χ2n) is 12.2. The standard InChI is InChI=1S/C36H44F4N2O6/c1-23(2)11-7-5-9-21-45-35(43)41-25-13-17-27(18-14-25)47-33-29(37)31(39)34(32(40)30(33)38)48-28-19-15-26(16-20-28)42-36(44)46-22-10-6-8-12-24(3)4/h13-20,23-24H,5-12,21-22H2,1-4H3,(H,41,43)(H,42,44). The quantitative estimate of drug-likeness (QED) is 0.0791. The van der Waals surface area contributed by atoms with Gasteiger partial charge in [-0.25, -0.2) is 9.59 Å². The number of ether oxygens (including phenoxy) is 4. The smallest absolute Gasteiger partial charge is 0.411 e. The van der Waals surface area contributed by atoms with Gasteiger partial charge < -0.3 is 18.9 Å². The molecule has 0 unspecified atom stereocenters. The summed E-state index contributed by atoms with van der Waals surface area (Å²) in [4.78, 5) is 24.0. The molecular formula is C36H44F4N2O6. The fraction of sp³-hybridized carbons (Fsp3) is 0.444. The summed E-state index contributed by atoms with van der Waals surface area (Å²) in [5.41, 5.74) is 0.611. The van der Waals surface area contributed by atoms with Crippen molar-refractivity contribution in [3.63, 3.8) is 0 Å². The fourth-order valence-corrected chi connectivity index (χ4v) is 4.52. The highest BCUT2D eigenvalue weighted by molar-refractivity contribution is 5.85. The number of amides is 2. The normalized spacial score (nSPS) is 11.0. The maximum atomic E-state index is 14.9. The van der Waals surface area contributed by atoms with Gasteiger partial charge in [0, 0.05) is 11.4 Å². The van der Waals surface area contributed by atoms with E-state index >= 15 is 0 Å². The molecule has 12 heteroatoms. The molecule has 0 aliphatic heterocycles. The Labute approximate surface area is 279 Å². The van der Waals surface area contributed by atoms with E-state index in [1.807, 2.05) is 0 Å². The molecule has 48 heavy (non-hydrogen) atoms. The summed E-state index contributed by atoms with van der Waals surface area (Å²) in [6.07, 6.45) is 6.36. The van der Waals surface area contributed by atoms with Gasteiger partial charge in [0.1, 0.15) is 11.5 Å². The van der Waals surface area contributed by atoms with Crippen LogP contribution in [0.4, 0.5) is 38.5 Å². The van der Waals surface area contributed by atoms with Crippen LogP contribution in [0.15, 0.2) is 48.5 Å². The Hall–Kier alpha value is -4.48. The van der Waals surface area contributed by atoms with Crippen LogP contribution in [0, 0.1) is 35.1 Å². The van der Waals surface area contributed by atoms with Crippen molar-refractivity contribution < 1.29 is 46.1 Å². The van der Waals surface area contributed by atoms with Gasteiger partial charge in [0.15, 0.2) is 0 Å². The molecule has 0 aliphatic rings. The molecule has 3 aromatic carbocycles. The molecule has 0 fully saturated rings. The van der Waals surface area contributed by atoms with Gasteiger partial charge in [0.25, 0.3) is 0 Å². The van der Waals surface area contributed by atoms with Crippen LogP contribution in [-0.4, -0.2) is 25.4 Å². The number of hydrogen-bond donors (Lipinski definition) is 2. The summed E-state index contributed by atoms with van der Waals surface area (Å²) in [7, 11) is 0. The minimum Gasteiger partial charge on any atom is -0.451 e. The van der Waals surface area contributed by atoms with Gasteiger partial charge in [-0.05, 0) is 73.2 Å². The number of anilines is 2. The number of halogens is 4. The number of nitrogens with one attached hydrogen (secondary N) is 2. The number of unbranched alkanes of at least 4 members (excludes halogenated alkanes) is 4. The predicted molar refractivity (Wildman–Crippen MR) is 176 cm³/mol. The van der Waals surface area contributed by atoms with E-state index in [9.17, 15) is 27.2 Å². The van der Waals surface area contributed by atoms with E-state index < -0.39 is 47.0 Å². The first kappa shape index (κ1) is 38.0. The molecule has 3 rings (SSSR count). The van der Waals surface area contributed by atoms with Crippen molar-refractivity contribution in [3.05, 3.63) is 71.8 Å². The lowest BCUT2D eigenvalue weighted by Crippen LogP contribution is -2.14. The van der Waals surface area contributed by atoms with Crippen molar-refractivity contribution in [2.24, 2.45) is 11.8 Å². The van der Waals surface area contributed by atoms with Crippen molar-refractivity contribution in [2.75, 3.05) is 23.8 Å².